The van der Waals surface area contributed by atoms with Crippen LogP contribution < -0.4 is 5.32 Å². The molecule has 0 saturated carbocycles. The van der Waals surface area contributed by atoms with Gasteiger partial charge < -0.3 is 5.32 Å². The maximum Gasteiger partial charge on any atom is 0.255 e. The van der Waals surface area contributed by atoms with Crippen LogP contribution in [0.4, 0.5) is 5.69 Å². The fourth-order valence-electron chi connectivity index (χ4n) is 2.40. The van der Waals surface area contributed by atoms with Gasteiger partial charge in [-0.1, -0.05) is 59.7 Å². The molecular weight excluding hydrogens is 282 g/mol. The van der Waals surface area contributed by atoms with Gasteiger partial charge in [0, 0.05) is 11.3 Å². The summed E-state index contributed by atoms with van der Waals surface area (Å²) < 4.78 is 0. The van der Waals surface area contributed by atoms with Gasteiger partial charge in [-0.3, -0.25) is 4.79 Å². The Kier molecular flexibility index (Phi) is 4.24. The summed E-state index contributed by atoms with van der Waals surface area (Å²) in [5.41, 5.74) is 6.14. The van der Waals surface area contributed by atoms with Crippen LogP contribution >= 0.6 is 0 Å². The molecule has 0 radical (unpaired) electrons. The highest BCUT2D eigenvalue weighted by atomic mass is 16.1. The monoisotopic (exact) mass is 301 g/mol. The molecule has 0 atom stereocenters. The second kappa shape index (κ2) is 6.49. The summed E-state index contributed by atoms with van der Waals surface area (Å²) in [6.45, 7) is 4.09. The number of carbonyl (C=O) groups excluding carboxylic acids is 1. The van der Waals surface area contributed by atoms with E-state index in [1.54, 1.807) is 0 Å². The van der Waals surface area contributed by atoms with E-state index in [1.165, 1.54) is 11.1 Å². The molecule has 0 spiro atoms. The van der Waals surface area contributed by atoms with E-state index in [0.717, 1.165) is 16.8 Å². The van der Waals surface area contributed by atoms with Crippen molar-refractivity contribution in [1.29, 1.82) is 0 Å². The SMILES string of the molecule is Cc1ccc(NC(=O)c2ccc(-c3ccc(C)cc3)cc2)cc1. The summed E-state index contributed by atoms with van der Waals surface area (Å²) in [6, 6.07) is 23.8. The predicted molar refractivity (Wildman–Crippen MR) is 95.7 cm³/mol. The van der Waals surface area contributed by atoms with Crippen LogP contribution in [0, 0.1) is 13.8 Å². The molecule has 2 nitrogen and oxygen atoms in total. The van der Waals surface area contributed by atoms with Crippen LogP contribution in [0.25, 0.3) is 11.1 Å². The highest BCUT2D eigenvalue weighted by Crippen LogP contribution is 2.20. The van der Waals surface area contributed by atoms with Crippen molar-refractivity contribution >= 4 is 11.6 Å². The molecule has 0 aliphatic rings. The summed E-state index contributed by atoms with van der Waals surface area (Å²) in [4.78, 5) is 12.3. The highest BCUT2D eigenvalue weighted by Gasteiger charge is 2.06. The Morgan fingerprint density at radius 1 is 0.652 bits per heavy atom. The first-order valence-electron chi connectivity index (χ1n) is 7.67. The van der Waals surface area contributed by atoms with Crippen molar-refractivity contribution in [3.63, 3.8) is 0 Å². The smallest absolute Gasteiger partial charge is 0.255 e. The van der Waals surface area contributed by atoms with E-state index in [0.29, 0.717) is 5.56 Å². The van der Waals surface area contributed by atoms with Crippen molar-refractivity contribution in [1.82, 2.24) is 0 Å². The van der Waals surface area contributed by atoms with E-state index >= 15 is 0 Å². The second-order valence-electron chi connectivity index (χ2n) is 5.76. The van der Waals surface area contributed by atoms with Crippen LogP contribution in [0.5, 0.6) is 0 Å². The molecule has 114 valence electrons. The van der Waals surface area contributed by atoms with Gasteiger partial charge in [-0.05, 0) is 49.2 Å². The second-order valence-corrected chi connectivity index (χ2v) is 5.76. The minimum Gasteiger partial charge on any atom is -0.322 e. The van der Waals surface area contributed by atoms with E-state index in [2.05, 4.69) is 36.5 Å². The van der Waals surface area contributed by atoms with Gasteiger partial charge in [0.2, 0.25) is 0 Å². The molecule has 0 aliphatic heterocycles. The molecule has 23 heavy (non-hydrogen) atoms. The summed E-state index contributed by atoms with van der Waals surface area (Å²) in [5, 5.41) is 2.91. The molecule has 3 aromatic rings. The Morgan fingerprint density at radius 2 is 1.09 bits per heavy atom. The maximum absolute atomic E-state index is 12.3. The lowest BCUT2D eigenvalue weighted by Gasteiger charge is -2.07. The van der Waals surface area contributed by atoms with Gasteiger partial charge in [-0.25, -0.2) is 0 Å². The Bertz CT molecular complexity index is 800. The van der Waals surface area contributed by atoms with Crippen LogP contribution in [0.3, 0.4) is 0 Å². The largest absolute Gasteiger partial charge is 0.322 e. The fraction of sp³-hybridized carbons (Fsp3) is 0.0952. The molecule has 2 heteroatoms. The zero-order chi connectivity index (χ0) is 16.2. The Hall–Kier alpha value is -2.87. The number of aryl methyl sites for hydroxylation is 2. The summed E-state index contributed by atoms with van der Waals surface area (Å²) in [7, 11) is 0. The quantitative estimate of drug-likeness (QED) is 0.705. The van der Waals surface area contributed by atoms with Crippen molar-refractivity contribution in [2.24, 2.45) is 0 Å². The number of anilines is 1. The number of nitrogens with one attached hydrogen (secondary N) is 1. The maximum atomic E-state index is 12.3. The number of hydrogen-bond donors (Lipinski definition) is 1. The third-order valence-corrected chi connectivity index (χ3v) is 3.84. The number of benzene rings is 3. The van der Waals surface area contributed by atoms with E-state index in [9.17, 15) is 4.79 Å². The fourth-order valence-corrected chi connectivity index (χ4v) is 2.40. The molecule has 3 rings (SSSR count). The zero-order valence-electron chi connectivity index (χ0n) is 13.3. The Labute approximate surface area is 136 Å². The third kappa shape index (κ3) is 3.67. The van der Waals surface area contributed by atoms with E-state index < -0.39 is 0 Å². The van der Waals surface area contributed by atoms with Crippen molar-refractivity contribution < 1.29 is 4.79 Å². The normalized spacial score (nSPS) is 10.3. The van der Waals surface area contributed by atoms with E-state index in [-0.39, 0.29) is 5.91 Å². The summed E-state index contributed by atoms with van der Waals surface area (Å²) in [6.07, 6.45) is 0. The molecule has 0 aromatic heterocycles. The van der Waals surface area contributed by atoms with Crippen molar-refractivity contribution in [2.45, 2.75) is 13.8 Å². The minimum atomic E-state index is -0.0932. The van der Waals surface area contributed by atoms with E-state index in [4.69, 9.17) is 0 Å². The van der Waals surface area contributed by atoms with Gasteiger partial charge in [-0.15, -0.1) is 0 Å². The van der Waals surface area contributed by atoms with Crippen LogP contribution in [0.15, 0.2) is 72.8 Å². The topological polar surface area (TPSA) is 29.1 Å². The van der Waals surface area contributed by atoms with Gasteiger partial charge in [0.05, 0.1) is 0 Å². The molecule has 0 aliphatic carbocycles. The standard InChI is InChI=1S/C21H19NO/c1-15-3-7-17(8-4-15)18-9-11-19(12-10-18)21(23)22-20-13-5-16(2)6-14-20/h3-14H,1-2H3,(H,22,23). The lowest BCUT2D eigenvalue weighted by Crippen LogP contribution is -2.11. The Balaban J connectivity index is 1.74. The third-order valence-electron chi connectivity index (χ3n) is 3.84. The number of carbonyl (C=O) groups is 1. The van der Waals surface area contributed by atoms with Crippen molar-refractivity contribution in [2.75, 3.05) is 5.32 Å². The molecule has 0 heterocycles. The van der Waals surface area contributed by atoms with Gasteiger partial charge in [-0.2, -0.15) is 0 Å². The minimum absolute atomic E-state index is 0.0932. The average Bonchev–Trinajstić information content (AvgIpc) is 2.58. The first-order valence-corrected chi connectivity index (χ1v) is 7.67. The zero-order valence-corrected chi connectivity index (χ0v) is 13.3. The summed E-state index contributed by atoms with van der Waals surface area (Å²) >= 11 is 0. The molecular formula is C21H19NO. The molecule has 0 fully saturated rings. The lowest BCUT2D eigenvalue weighted by atomic mass is 10.0. The number of amides is 1. The molecule has 0 unspecified atom stereocenters. The van der Waals surface area contributed by atoms with Crippen molar-refractivity contribution in [3.8, 4) is 11.1 Å². The lowest BCUT2D eigenvalue weighted by molar-refractivity contribution is 0.102. The molecule has 0 bridgehead atoms. The van der Waals surface area contributed by atoms with Crippen LogP contribution in [-0.4, -0.2) is 5.91 Å². The van der Waals surface area contributed by atoms with Gasteiger partial charge in [0.1, 0.15) is 0 Å². The van der Waals surface area contributed by atoms with Gasteiger partial charge >= 0.3 is 0 Å². The van der Waals surface area contributed by atoms with Crippen LogP contribution in [0.2, 0.25) is 0 Å². The summed E-state index contributed by atoms with van der Waals surface area (Å²) in [5.74, 6) is -0.0932. The highest BCUT2D eigenvalue weighted by molar-refractivity contribution is 6.04. The van der Waals surface area contributed by atoms with Crippen LogP contribution in [0.1, 0.15) is 21.5 Å². The number of rotatable bonds is 3. The molecule has 1 N–H and O–H groups in total. The van der Waals surface area contributed by atoms with E-state index in [1.807, 2.05) is 55.5 Å². The molecule has 1 amide bonds. The number of hydrogen-bond acceptors (Lipinski definition) is 1. The first-order chi connectivity index (χ1) is 11.1. The van der Waals surface area contributed by atoms with Crippen LogP contribution in [-0.2, 0) is 0 Å². The van der Waals surface area contributed by atoms with Gasteiger partial charge in [0.15, 0.2) is 0 Å². The first kappa shape index (κ1) is 15.0. The average molecular weight is 301 g/mol. The Morgan fingerprint density at radius 3 is 1.61 bits per heavy atom. The van der Waals surface area contributed by atoms with Crippen molar-refractivity contribution in [3.05, 3.63) is 89.5 Å². The van der Waals surface area contributed by atoms with Gasteiger partial charge in [0.25, 0.3) is 5.91 Å². The molecule has 0 saturated heterocycles. The predicted octanol–water partition coefficient (Wildman–Crippen LogP) is 5.22. The molecule has 3 aromatic carbocycles.